The van der Waals surface area contributed by atoms with E-state index in [1.807, 2.05) is 0 Å². The second kappa shape index (κ2) is 4.46. The summed E-state index contributed by atoms with van der Waals surface area (Å²) >= 11 is 0. The van der Waals surface area contributed by atoms with Gasteiger partial charge in [0.15, 0.2) is 0 Å². The Hall–Kier alpha value is -2.02. The smallest absolute Gasteiger partial charge is 0.322 e. The lowest BCUT2D eigenvalue weighted by Gasteiger charge is -2.25. The number of carbonyl (C=O) groups is 2. The predicted octanol–water partition coefficient (Wildman–Crippen LogP) is -0.0574. The molecule has 0 saturated carbocycles. The van der Waals surface area contributed by atoms with Gasteiger partial charge < -0.3 is 5.73 Å². The molecule has 0 bridgehead atoms. The molecule has 17 heavy (non-hydrogen) atoms. The molecule has 1 unspecified atom stereocenters. The first kappa shape index (κ1) is 11.5. The van der Waals surface area contributed by atoms with Crippen molar-refractivity contribution in [3.05, 3.63) is 18.1 Å². The molecule has 1 aliphatic rings. The Morgan fingerprint density at radius 3 is 2.94 bits per heavy atom. The number of carbonyl (C=O) groups excluding carboxylic acids is 2. The molecule has 1 aromatic heterocycles. The van der Waals surface area contributed by atoms with Crippen LogP contribution in [0.1, 0.15) is 25.2 Å². The summed E-state index contributed by atoms with van der Waals surface area (Å²) < 4.78 is 0. The van der Waals surface area contributed by atoms with Crippen LogP contribution in [0, 0.1) is 0 Å². The van der Waals surface area contributed by atoms with Crippen molar-refractivity contribution in [3.63, 3.8) is 0 Å². The zero-order valence-electron chi connectivity index (χ0n) is 9.38. The van der Waals surface area contributed by atoms with Crippen molar-refractivity contribution in [1.29, 1.82) is 0 Å². The highest BCUT2D eigenvalue weighted by Gasteiger charge is 2.25. The van der Waals surface area contributed by atoms with Crippen LogP contribution in [0.25, 0.3) is 0 Å². The van der Waals surface area contributed by atoms with Gasteiger partial charge >= 0.3 is 6.03 Å². The molecule has 3 N–H and O–H groups in total. The number of hydrogen-bond donors (Lipinski definition) is 2. The second-order valence-corrected chi connectivity index (χ2v) is 3.82. The normalized spacial score (nSPS) is 17.9. The number of rotatable bonds is 2. The average Bonchev–Trinajstić information content (AvgIpc) is 2.29. The highest BCUT2D eigenvalue weighted by molar-refractivity contribution is 6.05. The highest BCUT2D eigenvalue weighted by atomic mass is 16.2. The van der Waals surface area contributed by atoms with Crippen molar-refractivity contribution >= 4 is 17.8 Å². The zero-order valence-corrected chi connectivity index (χ0v) is 9.38. The molecule has 2 heterocycles. The summed E-state index contributed by atoms with van der Waals surface area (Å²) in [6.07, 6.45) is 1.81. The largest absolute Gasteiger partial charge is 0.329 e. The van der Waals surface area contributed by atoms with Gasteiger partial charge in [-0.15, -0.1) is 0 Å². The molecule has 1 fully saturated rings. The number of amides is 3. The molecule has 7 nitrogen and oxygen atoms in total. The van der Waals surface area contributed by atoms with Gasteiger partial charge in [-0.2, -0.15) is 0 Å². The van der Waals surface area contributed by atoms with Gasteiger partial charge in [0, 0.05) is 19.2 Å². The van der Waals surface area contributed by atoms with Crippen LogP contribution >= 0.6 is 0 Å². The molecule has 1 aromatic rings. The Kier molecular flexibility index (Phi) is 3.01. The maximum atomic E-state index is 11.6. The summed E-state index contributed by atoms with van der Waals surface area (Å²) in [4.78, 5) is 32.2. The molecule has 1 atom stereocenters. The van der Waals surface area contributed by atoms with E-state index >= 15 is 0 Å². The van der Waals surface area contributed by atoms with Crippen molar-refractivity contribution in [2.75, 3.05) is 11.4 Å². The molecular formula is C10H13N5O2. The van der Waals surface area contributed by atoms with E-state index in [1.54, 1.807) is 19.2 Å². The van der Waals surface area contributed by atoms with Gasteiger partial charge in [-0.3, -0.25) is 15.0 Å². The van der Waals surface area contributed by atoms with E-state index in [0.29, 0.717) is 18.2 Å². The molecule has 0 aliphatic carbocycles. The van der Waals surface area contributed by atoms with E-state index in [-0.39, 0.29) is 18.4 Å². The molecule has 0 aromatic carbocycles. The van der Waals surface area contributed by atoms with E-state index in [1.165, 1.54) is 4.90 Å². The second-order valence-electron chi connectivity index (χ2n) is 3.82. The zero-order chi connectivity index (χ0) is 12.4. The van der Waals surface area contributed by atoms with Gasteiger partial charge in [-0.05, 0) is 13.0 Å². The van der Waals surface area contributed by atoms with Crippen molar-refractivity contribution in [3.8, 4) is 0 Å². The topological polar surface area (TPSA) is 101 Å². The van der Waals surface area contributed by atoms with Crippen molar-refractivity contribution in [2.45, 2.75) is 19.4 Å². The molecule has 7 heteroatoms. The summed E-state index contributed by atoms with van der Waals surface area (Å²) in [7, 11) is 0. The number of nitrogens with two attached hydrogens (primary N) is 1. The first-order chi connectivity index (χ1) is 8.08. The van der Waals surface area contributed by atoms with Crippen LogP contribution in [-0.4, -0.2) is 28.5 Å². The van der Waals surface area contributed by atoms with Crippen molar-refractivity contribution < 1.29 is 9.59 Å². The standard InChI is InChI=1S/C10H13N5O2/c1-6(11)9-12-4-2-7(13-9)15-5-3-8(16)14-10(15)17/h2,4,6H,3,5,11H2,1H3,(H,14,16,17). The monoisotopic (exact) mass is 235 g/mol. The Bertz CT molecular complexity index is 460. The lowest BCUT2D eigenvalue weighted by Crippen LogP contribution is -2.50. The van der Waals surface area contributed by atoms with Crippen LogP contribution in [0.2, 0.25) is 0 Å². The van der Waals surface area contributed by atoms with Gasteiger partial charge in [0.25, 0.3) is 0 Å². The number of nitrogens with zero attached hydrogens (tertiary/aromatic N) is 3. The quantitative estimate of drug-likeness (QED) is 0.748. The van der Waals surface area contributed by atoms with Crippen LogP contribution in [0.15, 0.2) is 12.3 Å². The fraction of sp³-hybridized carbons (Fsp3) is 0.400. The summed E-state index contributed by atoms with van der Waals surface area (Å²) in [5.74, 6) is 0.650. The Balaban J connectivity index is 2.25. The van der Waals surface area contributed by atoms with Gasteiger partial charge in [0.05, 0.1) is 6.04 Å². The number of imide groups is 1. The summed E-state index contributed by atoms with van der Waals surface area (Å²) in [5, 5.41) is 2.23. The molecule has 0 radical (unpaired) electrons. The fourth-order valence-corrected chi connectivity index (χ4v) is 1.52. The maximum Gasteiger partial charge on any atom is 0.329 e. The van der Waals surface area contributed by atoms with E-state index < -0.39 is 6.03 Å². The van der Waals surface area contributed by atoms with Crippen molar-refractivity contribution in [1.82, 2.24) is 15.3 Å². The van der Waals surface area contributed by atoms with Crippen LogP contribution < -0.4 is 16.0 Å². The van der Waals surface area contributed by atoms with E-state index in [4.69, 9.17) is 5.73 Å². The maximum absolute atomic E-state index is 11.6. The minimum Gasteiger partial charge on any atom is -0.322 e. The SMILES string of the molecule is CC(N)c1nccc(N2CCC(=O)NC2=O)n1. The highest BCUT2D eigenvalue weighted by Crippen LogP contribution is 2.15. The molecule has 1 saturated heterocycles. The Morgan fingerprint density at radius 2 is 2.29 bits per heavy atom. The molecule has 90 valence electrons. The molecule has 1 aliphatic heterocycles. The lowest BCUT2D eigenvalue weighted by molar-refractivity contribution is -0.120. The third-order valence-corrected chi connectivity index (χ3v) is 2.40. The molecule has 2 rings (SSSR count). The number of urea groups is 1. The lowest BCUT2D eigenvalue weighted by atomic mass is 10.3. The third kappa shape index (κ3) is 2.39. The third-order valence-electron chi connectivity index (χ3n) is 2.40. The van der Waals surface area contributed by atoms with Crippen LogP contribution in [-0.2, 0) is 4.79 Å². The van der Waals surface area contributed by atoms with Gasteiger partial charge in [0.1, 0.15) is 11.6 Å². The van der Waals surface area contributed by atoms with Gasteiger partial charge in [-0.1, -0.05) is 0 Å². The first-order valence-electron chi connectivity index (χ1n) is 5.28. The molecule has 0 spiro atoms. The van der Waals surface area contributed by atoms with Gasteiger partial charge in [0.2, 0.25) is 5.91 Å². The average molecular weight is 235 g/mol. The van der Waals surface area contributed by atoms with E-state index in [2.05, 4.69) is 15.3 Å². The Morgan fingerprint density at radius 1 is 1.53 bits per heavy atom. The molecular weight excluding hydrogens is 222 g/mol. The van der Waals surface area contributed by atoms with Gasteiger partial charge in [-0.25, -0.2) is 14.8 Å². The number of anilines is 1. The summed E-state index contributed by atoms with van der Waals surface area (Å²) in [6, 6.07) is 0.848. The summed E-state index contributed by atoms with van der Waals surface area (Å²) in [5.41, 5.74) is 5.67. The van der Waals surface area contributed by atoms with Crippen LogP contribution in [0.3, 0.4) is 0 Å². The van der Waals surface area contributed by atoms with E-state index in [9.17, 15) is 9.59 Å². The Labute approximate surface area is 98.0 Å². The van der Waals surface area contributed by atoms with Crippen LogP contribution in [0.4, 0.5) is 10.6 Å². The van der Waals surface area contributed by atoms with Crippen LogP contribution in [0.5, 0.6) is 0 Å². The first-order valence-corrected chi connectivity index (χ1v) is 5.28. The molecule has 3 amide bonds. The van der Waals surface area contributed by atoms with Crippen molar-refractivity contribution in [2.24, 2.45) is 5.73 Å². The predicted molar refractivity (Wildman–Crippen MR) is 60.1 cm³/mol. The number of hydrogen-bond acceptors (Lipinski definition) is 5. The fourth-order valence-electron chi connectivity index (χ4n) is 1.52. The minimum atomic E-state index is -0.462. The van der Waals surface area contributed by atoms with E-state index in [0.717, 1.165) is 0 Å². The number of nitrogens with one attached hydrogen (secondary N) is 1. The summed E-state index contributed by atoms with van der Waals surface area (Å²) in [6.45, 7) is 2.08. The minimum absolute atomic E-state index is 0.267. The number of aromatic nitrogens is 2.